The molecule has 0 aliphatic carbocycles. The van der Waals surface area contributed by atoms with Crippen LogP contribution in [-0.4, -0.2) is 32.9 Å². The molecule has 0 saturated carbocycles. The number of nitro benzene ring substituents is 1. The highest BCUT2D eigenvalue weighted by molar-refractivity contribution is 5.98. The number of hydrogen-bond acceptors (Lipinski definition) is 7. The molecule has 29 heavy (non-hydrogen) atoms. The molecule has 1 aromatic heterocycles. The van der Waals surface area contributed by atoms with E-state index in [0.29, 0.717) is 16.7 Å². The average molecular weight is 394 g/mol. The predicted molar refractivity (Wildman–Crippen MR) is 106 cm³/mol. The fourth-order valence-electron chi connectivity index (χ4n) is 2.55. The largest absolute Gasteiger partial charge is 0.449 e. The molecule has 1 N–H and O–H groups in total. The van der Waals surface area contributed by atoms with Crippen molar-refractivity contribution in [2.45, 2.75) is 26.9 Å². The van der Waals surface area contributed by atoms with E-state index in [0.717, 1.165) is 11.4 Å². The summed E-state index contributed by atoms with van der Waals surface area (Å²) in [6, 6.07) is 10.1. The topological polar surface area (TPSA) is 124 Å². The van der Waals surface area contributed by atoms with Gasteiger partial charge in [0.15, 0.2) is 6.10 Å². The number of nitrogens with zero attached hydrogens (tertiary/aromatic N) is 3. The van der Waals surface area contributed by atoms with Crippen LogP contribution in [0.15, 0.2) is 42.5 Å². The number of esters is 1. The molecule has 3 rings (SSSR count). The van der Waals surface area contributed by atoms with Gasteiger partial charge in [-0.05, 0) is 51.1 Å². The van der Waals surface area contributed by atoms with Crippen molar-refractivity contribution in [3.8, 4) is 0 Å². The van der Waals surface area contributed by atoms with E-state index in [2.05, 4.69) is 15.3 Å². The summed E-state index contributed by atoms with van der Waals surface area (Å²) in [5.74, 6) is -1.22. The Kier molecular flexibility index (Phi) is 5.49. The monoisotopic (exact) mass is 394 g/mol. The molecule has 9 heteroatoms. The maximum absolute atomic E-state index is 12.4. The number of carbonyl (C=O) groups excluding carboxylic acids is 2. The number of non-ortho nitro benzene ring substituents is 1. The zero-order valence-corrected chi connectivity index (χ0v) is 16.0. The summed E-state index contributed by atoms with van der Waals surface area (Å²) in [6.45, 7) is 5.12. The number of nitro groups is 1. The minimum Gasteiger partial charge on any atom is -0.449 e. The standard InChI is InChI=1S/C20H18N4O5/c1-11-12(2)22-18-10-14(4-9-17(18)21-11)20(26)29-13(3)19(25)23-15-5-7-16(8-6-15)24(27)28/h4-10,13H,1-3H3,(H,23,25). The van der Waals surface area contributed by atoms with Crippen LogP contribution in [0.3, 0.4) is 0 Å². The maximum Gasteiger partial charge on any atom is 0.338 e. The first-order valence-corrected chi connectivity index (χ1v) is 8.76. The fourth-order valence-corrected chi connectivity index (χ4v) is 2.55. The Morgan fingerprint density at radius 3 is 2.28 bits per heavy atom. The number of hydrogen-bond donors (Lipinski definition) is 1. The lowest BCUT2D eigenvalue weighted by molar-refractivity contribution is -0.384. The van der Waals surface area contributed by atoms with Gasteiger partial charge in [-0.15, -0.1) is 0 Å². The Hall–Kier alpha value is -3.88. The van der Waals surface area contributed by atoms with Crippen molar-refractivity contribution >= 4 is 34.3 Å². The third-order valence-electron chi connectivity index (χ3n) is 4.31. The number of carbonyl (C=O) groups is 2. The number of aryl methyl sites for hydroxylation is 2. The van der Waals surface area contributed by atoms with Gasteiger partial charge in [-0.1, -0.05) is 0 Å². The van der Waals surface area contributed by atoms with E-state index in [1.807, 2.05) is 13.8 Å². The third kappa shape index (κ3) is 4.52. The number of benzene rings is 2. The molecule has 2 aromatic carbocycles. The van der Waals surface area contributed by atoms with Gasteiger partial charge in [0.1, 0.15) is 0 Å². The van der Waals surface area contributed by atoms with Gasteiger partial charge in [-0.3, -0.25) is 14.9 Å². The molecule has 1 atom stereocenters. The van der Waals surface area contributed by atoms with E-state index in [1.54, 1.807) is 18.2 Å². The third-order valence-corrected chi connectivity index (χ3v) is 4.31. The summed E-state index contributed by atoms with van der Waals surface area (Å²) in [5, 5.41) is 13.2. The van der Waals surface area contributed by atoms with Crippen LogP contribution in [0.5, 0.6) is 0 Å². The van der Waals surface area contributed by atoms with E-state index in [4.69, 9.17) is 4.74 Å². The highest BCUT2D eigenvalue weighted by atomic mass is 16.6. The Morgan fingerprint density at radius 2 is 1.66 bits per heavy atom. The van der Waals surface area contributed by atoms with Crippen LogP contribution >= 0.6 is 0 Å². The molecule has 1 amide bonds. The lowest BCUT2D eigenvalue weighted by Crippen LogP contribution is -2.30. The Bertz CT molecular complexity index is 1110. The molecule has 9 nitrogen and oxygen atoms in total. The van der Waals surface area contributed by atoms with Crippen molar-refractivity contribution in [1.29, 1.82) is 0 Å². The summed E-state index contributed by atoms with van der Waals surface area (Å²) in [6.07, 6.45) is -1.07. The van der Waals surface area contributed by atoms with Crippen LogP contribution in [0.4, 0.5) is 11.4 Å². The molecule has 0 saturated heterocycles. The number of anilines is 1. The lowest BCUT2D eigenvalue weighted by atomic mass is 10.2. The summed E-state index contributed by atoms with van der Waals surface area (Å²) in [7, 11) is 0. The van der Waals surface area contributed by atoms with Crippen LogP contribution in [0, 0.1) is 24.0 Å². The lowest BCUT2D eigenvalue weighted by Gasteiger charge is -2.14. The van der Waals surface area contributed by atoms with Gasteiger partial charge >= 0.3 is 5.97 Å². The van der Waals surface area contributed by atoms with Crippen molar-refractivity contribution in [2.24, 2.45) is 0 Å². The smallest absolute Gasteiger partial charge is 0.338 e. The van der Waals surface area contributed by atoms with Crippen LogP contribution in [0.25, 0.3) is 11.0 Å². The number of aromatic nitrogens is 2. The molecular weight excluding hydrogens is 376 g/mol. The van der Waals surface area contributed by atoms with Crippen LogP contribution in [0.2, 0.25) is 0 Å². The molecule has 148 valence electrons. The van der Waals surface area contributed by atoms with Crippen LogP contribution in [-0.2, 0) is 9.53 Å². The minimum absolute atomic E-state index is 0.0905. The summed E-state index contributed by atoms with van der Waals surface area (Å²) < 4.78 is 5.23. The second-order valence-electron chi connectivity index (χ2n) is 6.44. The van der Waals surface area contributed by atoms with Gasteiger partial charge in [0.2, 0.25) is 0 Å². The molecule has 0 bridgehead atoms. The maximum atomic E-state index is 12.4. The first kappa shape index (κ1) is 19.9. The number of fused-ring (bicyclic) bond motifs is 1. The molecule has 0 fully saturated rings. The number of nitrogens with one attached hydrogen (secondary N) is 1. The first-order valence-electron chi connectivity index (χ1n) is 8.76. The molecule has 0 spiro atoms. The summed E-state index contributed by atoms with van der Waals surface area (Å²) in [4.78, 5) is 43.6. The van der Waals surface area contributed by atoms with E-state index in [1.165, 1.54) is 31.2 Å². The average Bonchev–Trinajstić information content (AvgIpc) is 2.68. The Labute approximate surface area is 165 Å². The Morgan fingerprint density at radius 1 is 1.03 bits per heavy atom. The van der Waals surface area contributed by atoms with Crippen molar-refractivity contribution in [3.05, 3.63) is 69.5 Å². The number of ether oxygens (including phenoxy) is 1. The highest BCUT2D eigenvalue weighted by Gasteiger charge is 2.20. The van der Waals surface area contributed by atoms with Gasteiger partial charge in [-0.25, -0.2) is 14.8 Å². The van der Waals surface area contributed by atoms with E-state index in [-0.39, 0.29) is 11.3 Å². The minimum atomic E-state index is -1.07. The predicted octanol–water partition coefficient (Wildman–Crippen LogP) is 3.34. The zero-order chi connectivity index (χ0) is 21.1. The van der Waals surface area contributed by atoms with Gasteiger partial charge in [-0.2, -0.15) is 0 Å². The first-order chi connectivity index (χ1) is 13.7. The van der Waals surface area contributed by atoms with E-state index < -0.39 is 22.9 Å². The van der Waals surface area contributed by atoms with Crippen molar-refractivity contribution < 1.29 is 19.2 Å². The van der Waals surface area contributed by atoms with Crippen molar-refractivity contribution in [3.63, 3.8) is 0 Å². The fraction of sp³-hybridized carbons (Fsp3) is 0.200. The molecule has 3 aromatic rings. The normalized spacial score (nSPS) is 11.7. The molecule has 1 unspecified atom stereocenters. The quantitative estimate of drug-likeness (QED) is 0.400. The van der Waals surface area contributed by atoms with Crippen LogP contribution < -0.4 is 5.32 Å². The summed E-state index contributed by atoms with van der Waals surface area (Å²) in [5.41, 5.74) is 3.31. The van der Waals surface area contributed by atoms with Gasteiger partial charge < -0.3 is 10.1 Å². The molecule has 1 heterocycles. The van der Waals surface area contributed by atoms with E-state index in [9.17, 15) is 19.7 Å². The van der Waals surface area contributed by atoms with Crippen molar-refractivity contribution in [2.75, 3.05) is 5.32 Å². The molecule has 0 radical (unpaired) electrons. The second-order valence-corrected chi connectivity index (χ2v) is 6.44. The van der Waals surface area contributed by atoms with Gasteiger partial charge in [0.05, 0.1) is 32.9 Å². The Balaban J connectivity index is 1.67. The second kappa shape index (κ2) is 8.01. The van der Waals surface area contributed by atoms with E-state index >= 15 is 0 Å². The van der Waals surface area contributed by atoms with Gasteiger partial charge in [0, 0.05) is 17.8 Å². The molecule has 0 aliphatic heterocycles. The highest BCUT2D eigenvalue weighted by Crippen LogP contribution is 2.17. The van der Waals surface area contributed by atoms with Crippen LogP contribution in [0.1, 0.15) is 28.7 Å². The number of rotatable bonds is 5. The number of amides is 1. The van der Waals surface area contributed by atoms with Gasteiger partial charge in [0.25, 0.3) is 11.6 Å². The van der Waals surface area contributed by atoms with Crippen molar-refractivity contribution in [1.82, 2.24) is 9.97 Å². The SMILES string of the molecule is Cc1nc2ccc(C(=O)OC(C)C(=O)Nc3ccc([N+](=O)[O-])cc3)cc2nc1C. The molecule has 0 aliphatic rings. The zero-order valence-electron chi connectivity index (χ0n) is 16.0. The molecular formula is C20H18N4O5. The summed E-state index contributed by atoms with van der Waals surface area (Å²) >= 11 is 0.